The quantitative estimate of drug-likeness (QED) is 0.262. The van der Waals surface area contributed by atoms with Gasteiger partial charge in [0, 0.05) is 13.0 Å². The van der Waals surface area contributed by atoms with Crippen molar-refractivity contribution in [2.24, 2.45) is 0 Å². The van der Waals surface area contributed by atoms with Gasteiger partial charge in [0.25, 0.3) is 0 Å². The van der Waals surface area contributed by atoms with Crippen LogP contribution in [-0.2, 0) is 18.7 Å². The molecule has 9 nitrogen and oxygen atoms in total. The second kappa shape index (κ2) is 7.36. The number of phosphoric acid groups is 1. The molecule has 0 saturated heterocycles. The zero-order valence-corrected chi connectivity index (χ0v) is 9.67. The SMILES string of the molecule is O=C(O)CCC(NCCOP(=O)(O)O)C(=O)O. The van der Waals surface area contributed by atoms with Crippen LogP contribution < -0.4 is 5.32 Å². The van der Waals surface area contributed by atoms with E-state index in [1.807, 2.05) is 0 Å². The maximum absolute atomic E-state index is 10.7. The van der Waals surface area contributed by atoms with Crippen LogP contribution in [0.5, 0.6) is 0 Å². The molecule has 0 aromatic carbocycles. The molecule has 1 atom stereocenters. The zero-order valence-electron chi connectivity index (χ0n) is 8.77. The highest BCUT2D eigenvalue weighted by Crippen LogP contribution is 2.35. The highest BCUT2D eigenvalue weighted by atomic mass is 31.2. The van der Waals surface area contributed by atoms with Crippen molar-refractivity contribution in [2.45, 2.75) is 18.9 Å². The Morgan fingerprint density at radius 2 is 1.88 bits per heavy atom. The van der Waals surface area contributed by atoms with Gasteiger partial charge >= 0.3 is 19.8 Å². The smallest absolute Gasteiger partial charge is 0.469 e. The molecule has 0 aliphatic rings. The Labute approximate surface area is 96.6 Å². The molecule has 0 aromatic rings. The summed E-state index contributed by atoms with van der Waals surface area (Å²) >= 11 is 0. The minimum atomic E-state index is -4.56. The number of hydrogen-bond acceptors (Lipinski definition) is 5. The number of hydrogen-bond donors (Lipinski definition) is 5. The first-order valence-corrected chi connectivity index (χ1v) is 6.13. The second-order valence-corrected chi connectivity index (χ2v) is 4.34. The molecule has 0 fully saturated rings. The third kappa shape index (κ3) is 9.91. The Kier molecular flexibility index (Phi) is 6.93. The van der Waals surface area contributed by atoms with Gasteiger partial charge in [0.15, 0.2) is 0 Å². The van der Waals surface area contributed by atoms with E-state index < -0.39 is 25.8 Å². The first-order valence-electron chi connectivity index (χ1n) is 4.60. The largest absolute Gasteiger partial charge is 0.481 e. The lowest BCUT2D eigenvalue weighted by Gasteiger charge is -2.13. The van der Waals surface area contributed by atoms with Crippen LogP contribution >= 0.6 is 7.82 Å². The fourth-order valence-corrected chi connectivity index (χ4v) is 1.31. The van der Waals surface area contributed by atoms with Gasteiger partial charge in [-0.2, -0.15) is 0 Å². The molecular weight excluding hydrogens is 257 g/mol. The number of nitrogens with one attached hydrogen (secondary N) is 1. The van der Waals surface area contributed by atoms with Gasteiger partial charge in [0.2, 0.25) is 0 Å². The molecule has 0 aliphatic heterocycles. The number of carbonyl (C=O) groups is 2. The van der Waals surface area contributed by atoms with E-state index in [0.29, 0.717) is 0 Å². The molecular formula is C7H14NO8P. The predicted molar refractivity (Wildman–Crippen MR) is 54.3 cm³/mol. The van der Waals surface area contributed by atoms with Gasteiger partial charge in [-0.3, -0.25) is 14.1 Å². The molecule has 0 aromatic heterocycles. The van der Waals surface area contributed by atoms with Crippen LogP contribution in [0.3, 0.4) is 0 Å². The Morgan fingerprint density at radius 1 is 1.29 bits per heavy atom. The summed E-state index contributed by atoms with van der Waals surface area (Å²) in [5.41, 5.74) is 0. The van der Waals surface area contributed by atoms with Gasteiger partial charge in [-0.1, -0.05) is 0 Å². The maximum Gasteiger partial charge on any atom is 0.469 e. The van der Waals surface area contributed by atoms with Crippen LogP contribution in [0.15, 0.2) is 0 Å². The molecule has 5 N–H and O–H groups in total. The second-order valence-electron chi connectivity index (χ2n) is 3.10. The number of carboxylic acids is 2. The third-order valence-corrected chi connectivity index (χ3v) is 2.22. The molecule has 0 heterocycles. The Bertz CT molecular complexity index is 313. The third-order valence-electron chi connectivity index (χ3n) is 1.70. The van der Waals surface area contributed by atoms with E-state index in [4.69, 9.17) is 20.0 Å². The van der Waals surface area contributed by atoms with Crippen LogP contribution in [0.25, 0.3) is 0 Å². The minimum Gasteiger partial charge on any atom is -0.481 e. The average Bonchev–Trinajstić information content (AvgIpc) is 2.13. The molecule has 0 saturated carbocycles. The van der Waals surface area contributed by atoms with Crippen molar-refractivity contribution in [3.05, 3.63) is 0 Å². The van der Waals surface area contributed by atoms with E-state index in [1.54, 1.807) is 0 Å². The predicted octanol–water partition coefficient (Wildman–Crippen LogP) is -0.997. The standard InChI is InChI=1S/C7H14NO8P/c9-6(10)2-1-5(7(11)12)8-3-4-16-17(13,14)15/h5,8H,1-4H2,(H,9,10)(H,11,12)(H2,13,14,15). The molecule has 0 rings (SSSR count). The monoisotopic (exact) mass is 271 g/mol. The molecule has 1 unspecified atom stereocenters. The van der Waals surface area contributed by atoms with Crippen molar-refractivity contribution < 1.29 is 38.7 Å². The molecule has 17 heavy (non-hydrogen) atoms. The van der Waals surface area contributed by atoms with Crippen LogP contribution in [-0.4, -0.2) is 51.1 Å². The zero-order chi connectivity index (χ0) is 13.5. The van der Waals surface area contributed by atoms with Crippen molar-refractivity contribution in [1.29, 1.82) is 0 Å². The summed E-state index contributed by atoms with van der Waals surface area (Å²) in [5, 5.41) is 19.5. The lowest BCUT2D eigenvalue weighted by Crippen LogP contribution is -2.38. The highest BCUT2D eigenvalue weighted by Gasteiger charge is 2.19. The number of phosphoric ester groups is 1. The van der Waals surface area contributed by atoms with Crippen molar-refractivity contribution in [3.63, 3.8) is 0 Å². The Hall–Kier alpha value is -0.990. The minimum absolute atomic E-state index is 0.109. The highest BCUT2D eigenvalue weighted by molar-refractivity contribution is 7.46. The van der Waals surface area contributed by atoms with Gasteiger partial charge in [-0.05, 0) is 6.42 Å². The van der Waals surface area contributed by atoms with E-state index in [0.717, 1.165) is 0 Å². The van der Waals surface area contributed by atoms with Crippen molar-refractivity contribution in [3.8, 4) is 0 Å². The van der Waals surface area contributed by atoms with Gasteiger partial charge in [0.05, 0.1) is 6.61 Å². The maximum atomic E-state index is 10.7. The summed E-state index contributed by atoms with van der Waals surface area (Å²) in [6.45, 7) is -0.483. The van der Waals surface area contributed by atoms with Crippen molar-refractivity contribution in [2.75, 3.05) is 13.2 Å². The van der Waals surface area contributed by atoms with Crippen LogP contribution in [0.1, 0.15) is 12.8 Å². The van der Waals surface area contributed by atoms with E-state index in [1.165, 1.54) is 0 Å². The fraction of sp³-hybridized carbons (Fsp3) is 0.714. The Balaban J connectivity index is 3.90. The van der Waals surface area contributed by atoms with Crippen LogP contribution in [0.2, 0.25) is 0 Å². The summed E-state index contributed by atoms with van der Waals surface area (Å²) in [6.07, 6.45) is -0.441. The van der Waals surface area contributed by atoms with E-state index in [9.17, 15) is 14.2 Å². The molecule has 100 valence electrons. The number of rotatable bonds is 9. The van der Waals surface area contributed by atoms with Gasteiger partial charge in [-0.25, -0.2) is 4.57 Å². The number of carboxylic acid groups (broad SMARTS) is 2. The summed E-state index contributed by atoms with van der Waals surface area (Å²) in [6, 6.07) is -1.09. The molecule has 10 heteroatoms. The van der Waals surface area contributed by atoms with E-state index in [-0.39, 0.29) is 26.0 Å². The van der Waals surface area contributed by atoms with Crippen molar-refractivity contribution >= 4 is 19.8 Å². The first-order chi connectivity index (χ1) is 7.72. The van der Waals surface area contributed by atoms with Crippen LogP contribution in [0, 0.1) is 0 Å². The summed E-state index contributed by atoms with van der Waals surface area (Å²) in [5.74, 6) is -2.35. The summed E-state index contributed by atoms with van der Waals surface area (Å²) in [4.78, 5) is 37.6. The summed E-state index contributed by atoms with van der Waals surface area (Å²) in [7, 11) is -4.56. The average molecular weight is 271 g/mol. The molecule has 0 spiro atoms. The molecule has 0 radical (unpaired) electrons. The molecule has 0 amide bonds. The molecule has 0 aliphatic carbocycles. The van der Waals surface area contributed by atoms with Crippen molar-refractivity contribution in [1.82, 2.24) is 5.32 Å². The van der Waals surface area contributed by atoms with E-state index >= 15 is 0 Å². The number of aliphatic carboxylic acids is 2. The molecule has 0 bridgehead atoms. The van der Waals surface area contributed by atoms with Crippen LogP contribution in [0.4, 0.5) is 0 Å². The fourth-order valence-electron chi connectivity index (χ4n) is 0.978. The van der Waals surface area contributed by atoms with Gasteiger partial charge < -0.3 is 25.3 Å². The van der Waals surface area contributed by atoms with Gasteiger partial charge in [-0.15, -0.1) is 0 Å². The summed E-state index contributed by atoms with van der Waals surface area (Å²) < 4.78 is 14.4. The van der Waals surface area contributed by atoms with E-state index in [2.05, 4.69) is 9.84 Å². The van der Waals surface area contributed by atoms with Gasteiger partial charge in [0.1, 0.15) is 6.04 Å². The lowest BCUT2D eigenvalue weighted by atomic mass is 10.1. The normalized spacial score (nSPS) is 13.3. The lowest BCUT2D eigenvalue weighted by molar-refractivity contribution is -0.140. The first kappa shape index (κ1) is 16.0. The Morgan fingerprint density at radius 3 is 2.29 bits per heavy atom. The topological polar surface area (TPSA) is 153 Å².